The molecule has 0 aromatic heterocycles. The van der Waals surface area contributed by atoms with E-state index < -0.39 is 0 Å². The third kappa shape index (κ3) is 5.72. The topological polar surface area (TPSA) is 55.6 Å². The van der Waals surface area contributed by atoms with Crippen molar-refractivity contribution < 1.29 is 9.53 Å². The number of nitrogens with zero attached hydrogens (tertiary/aromatic N) is 1. The second kappa shape index (κ2) is 10.5. The average Bonchev–Trinajstić information content (AvgIpc) is 2.75. The molecule has 1 heterocycles. The van der Waals surface area contributed by atoms with Gasteiger partial charge in [0.2, 0.25) is 5.91 Å². The van der Waals surface area contributed by atoms with Crippen molar-refractivity contribution >= 4 is 17.7 Å². The van der Waals surface area contributed by atoms with Crippen LogP contribution in [-0.4, -0.2) is 49.4 Å². The van der Waals surface area contributed by atoms with Crippen LogP contribution in [-0.2, 0) is 16.0 Å². The van der Waals surface area contributed by atoms with Crippen LogP contribution in [0.15, 0.2) is 29.2 Å². The average molecular weight is 391 g/mol. The largest absolute Gasteiger partial charge is 0.381 e. The van der Waals surface area contributed by atoms with Gasteiger partial charge in [-0.1, -0.05) is 12.1 Å². The number of hydrogen-bond donors (Lipinski definition) is 1. The Morgan fingerprint density at radius 2 is 1.93 bits per heavy atom. The number of thioether (sulfide) groups is 1. The number of benzene rings is 1. The Labute approximate surface area is 168 Å². The SMILES string of the molecule is CSc1cccc(CCN(C(=O)C2CCOCC2)C2CCC(CN)CC2)c1. The Bertz CT molecular complexity index is 596. The van der Waals surface area contributed by atoms with E-state index in [1.807, 2.05) is 0 Å². The van der Waals surface area contributed by atoms with E-state index in [4.69, 9.17) is 10.5 Å². The number of rotatable bonds is 7. The molecule has 27 heavy (non-hydrogen) atoms. The highest BCUT2D eigenvalue weighted by molar-refractivity contribution is 7.98. The normalized spacial score (nSPS) is 23.9. The summed E-state index contributed by atoms with van der Waals surface area (Å²) in [4.78, 5) is 16.8. The summed E-state index contributed by atoms with van der Waals surface area (Å²) in [5, 5.41) is 0. The minimum atomic E-state index is 0.142. The van der Waals surface area contributed by atoms with E-state index in [1.54, 1.807) is 11.8 Å². The van der Waals surface area contributed by atoms with E-state index in [-0.39, 0.29) is 5.92 Å². The maximum absolute atomic E-state index is 13.3. The van der Waals surface area contributed by atoms with Gasteiger partial charge in [-0.3, -0.25) is 4.79 Å². The monoisotopic (exact) mass is 390 g/mol. The van der Waals surface area contributed by atoms with E-state index in [0.29, 0.717) is 17.9 Å². The first-order valence-corrected chi connectivity index (χ1v) is 11.6. The molecule has 1 aliphatic heterocycles. The van der Waals surface area contributed by atoms with E-state index >= 15 is 0 Å². The molecule has 5 heteroatoms. The minimum absolute atomic E-state index is 0.142. The van der Waals surface area contributed by atoms with Crippen LogP contribution >= 0.6 is 11.8 Å². The molecule has 1 saturated carbocycles. The van der Waals surface area contributed by atoms with Crippen LogP contribution in [0.2, 0.25) is 0 Å². The van der Waals surface area contributed by atoms with Gasteiger partial charge in [0.25, 0.3) is 0 Å². The summed E-state index contributed by atoms with van der Waals surface area (Å²) < 4.78 is 5.47. The maximum atomic E-state index is 13.3. The predicted octanol–water partition coefficient (Wildman–Crippen LogP) is 3.72. The Kier molecular flexibility index (Phi) is 8.04. The van der Waals surface area contributed by atoms with Crippen molar-refractivity contribution in [3.63, 3.8) is 0 Å². The van der Waals surface area contributed by atoms with Gasteiger partial charge >= 0.3 is 0 Å². The fraction of sp³-hybridized carbons (Fsp3) is 0.682. The fourth-order valence-electron chi connectivity index (χ4n) is 4.42. The van der Waals surface area contributed by atoms with Gasteiger partial charge in [-0.05, 0) is 81.4 Å². The molecule has 1 saturated heterocycles. The quantitative estimate of drug-likeness (QED) is 0.721. The molecule has 0 radical (unpaired) electrons. The number of hydrogen-bond acceptors (Lipinski definition) is 4. The van der Waals surface area contributed by atoms with Crippen LogP contribution in [0.1, 0.15) is 44.1 Å². The zero-order valence-electron chi connectivity index (χ0n) is 16.6. The van der Waals surface area contributed by atoms with Crippen molar-refractivity contribution in [1.82, 2.24) is 4.90 Å². The van der Waals surface area contributed by atoms with Crippen molar-refractivity contribution in [2.24, 2.45) is 17.6 Å². The van der Waals surface area contributed by atoms with Crippen LogP contribution in [0.25, 0.3) is 0 Å². The molecule has 1 aromatic carbocycles. The molecule has 0 atom stereocenters. The zero-order valence-corrected chi connectivity index (χ0v) is 17.4. The zero-order chi connectivity index (χ0) is 19.1. The number of nitrogens with two attached hydrogens (primary N) is 1. The summed E-state index contributed by atoms with van der Waals surface area (Å²) in [6.07, 6.45) is 9.28. The highest BCUT2D eigenvalue weighted by atomic mass is 32.2. The summed E-state index contributed by atoms with van der Waals surface area (Å²) in [5.41, 5.74) is 7.19. The second-order valence-electron chi connectivity index (χ2n) is 7.93. The van der Waals surface area contributed by atoms with Crippen molar-refractivity contribution in [3.8, 4) is 0 Å². The molecule has 2 aliphatic rings. The lowest BCUT2D eigenvalue weighted by molar-refractivity contribution is -0.141. The standard InChI is InChI=1S/C22H34N2O2S/c1-27-21-4-2-3-17(15-21)9-12-24(20-7-5-18(16-23)6-8-20)22(25)19-10-13-26-14-11-19/h2-4,15,18-20H,5-14,16,23H2,1H3. The van der Waals surface area contributed by atoms with Gasteiger partial charge in [0, 0.05) is 36.6 Å². The summed E-state index contributed by atoms with van der Waals surface area (Å²) in [5.74, 6) is 1.14. The number of carbonyl (C=O) groups is 1. The third-order valence-corrected chi connectivity index (χ3v) is 6.94. The molecule has 3 rings (SSSR count). The summed E-state index contributed by atoms with van der Waals surface area (Å²) >= 11 is 1.77. The Morgan fingerprint density at radius 1 is 1.19 bits per heavy atom. The van der Waals surface area contributed by atoms with Gasteiger partial charge in [0.1, 0.15) is 0 Å². The first-order chi connectivity index (χ1) is 13.2. The van der Waals surface area contributed by atoms with E-state index in [2.05, 4.69) is 35.4 Å². The van der Waals surface area contributed by atoms with Gasteiger partial charge in [-0.25, -0.2) is 0 Å². The maximum Gasteiger partial charge on any atom is 0.226 e. The van der Waals surface area contributed by atoms with Gasteiger partial charge < -0.3 is 15.4 Å². The molecule has 1 aromatic rings. The van der Waals surface area contributed by atoms with Crippen LogP contribution in [0, 0.1) is 11.8 Å². The number of carbonyl (C=O) groups excluding carboxylic acids is 1. The van der Waals surface area contributed by atoms with E-state index in [1.165, 1.54) is 10.5 Å². The Hall–Kier alpha value is -1.04. The predicted molar refractivity (Wildman–Crippen MR) is 112 cm³/mol. The molecule has 0 spiro atoms. The molecule has 0 unspecified atom stereocenters. The van der Waals surface area contributed by atoms with E-state index in [9.17, 15) is 4.79 Å². The molecule has 0 bridgehead atoms. The molecular weight excluding hydrogens is 356 g/mol. The number of ether oxygens (including phenoxy) is 1. The Balaban J connectivity index is 1.67. The van der Waals surface area contributed by atoms with Crippen LogP contribution in [0.5, 0.6) is 0 Å². The molecule has 4 nitrogen and oxygen atoms in total. The third-order valence-electron chi connectivity index (χ3n) is 6.22. The lowest BCUT2D eigenvalue weighted by Crippen LogP contribution is -2.47. The number of amides is 1. The summed E-state index contributed by atoms with van der Waals surface area (Å²) in [7, 11) is 0. The van der Waals surface area contributed by atoms with Crippen molar-refractivity contribution in [2.75, 3.05) is 32.6 Å². The molecule has 150 valence electrons. The molecule has 1 aliphatic carbocycles. The van der Waals surface area contributed by atoms with Crippen LogP contribution < -0.4 is 5.73 Å². The van der Waals surface area contributed by atoms with Crippen LogP contribution in [0.3, 0.4) is 0 Å². The highest BCUT2D eigenvalue weighted by Gasteiger charge is 2.32. The lowest BCUT2D eigenvalue weighted by atomic mass is 9.84. The minimum Gasteiger partial charge on any atom is -0.381 e. The van der Waals surface area contributed by atoms with Gasteiger partial charge in [0.05, 0.1) is 0 Å². The Morgan fingerprint density at radius 3 is 2.59 bits per heavy atom. The lowest BCUT2D eigenvalue weighted by Gasteiger charge is -2.39. The van der Waals surface area contributed by atoms with Crippen molar-refractivity contribution in [2.45, 2.75) is 55.9 Å². The molecular formula is C22H34N2O2S. The van der Waals surface area contributed by atoms with E-state index in [0.717, 1.165) is 71.2 Å². The smallest absolute Gasteiger partial charge is 0.226 e. The summed E-state index contributed by atoms with van der Waals surface area (Å²) in [6.45, 7) is 3.05. The first kappa shape index (κ1) is 20.7. The summed E-state index contributed by atoms with van der Waals surface area (Å²) in [6, 6.07) is 9.09. The van der Waals surface area contributed by atoms with Crippen molar-refractivity contribution in [1.29, 1.82) is 0 Å². The first-order valence-electron chi connectivity index (χ1n) is 10.4. The highest BCUT2D eigenvalue weighted by Crippen LogP contribution is 2.29. The van der Waals surface area contributed by atoms with Crippen molar-refractivity contribution in [3.05, 3.63) is 29.8 Å². The van der Waals surface area contributed by atoms with Crippen LogP contribution in [0.4, 0.5) is 0 Å². The molecule has 2 N–H and O–H groups in total. The molecule has 2 fully saturated rings. The molecule has 1 amide bonds. The second-order valence-corrected chi connectivity index (χ2v) is 8.81. The van der Waals surface area contributed by atoms with Gasteiger partial charge in [0.15, 0.2) is 0 Å². The van der Waals surface area contributed by atoms with Gasteiger partial charge in [-0.15, -0.1) is 11.8 Å². The fourth-order valence-corrected chi connectivity index (χ4v) is 4.91. The van der Waals surface area contributed by atoms with Gasteiger partial charge in [-0.2, -0.15) is 0 Å².